The number of nitrogens with zero attached hydrogens (tertiary/aromatic N) is 3. The summed E-state index contributed by atoms with van der Waals surface area (Å²) in [5.41, 5.74) is 8.33. The number of carbonyl (C=O) groups excluding carboxylic acids is 1. The van der Waals surface area contributed by atoms with Gasteiger partial charge in [-0.1, -0.05) is 11.2 Å². The summed E-state index contributed by atoms with van der Waals surface area (Å²) >= 11 is 0. The third-order valence-corrected chi connectivity index (χ3v) is 1.95. The molecule has 0 aliphatic rings. The van der Waals surface area contributed by atoms with Crippen LogP contribution in [0.3, 0.4) is 0 Å². The number of esters is 1. The van der Waals surface area contributed by atoms with Crippen LogP contribution in [0, 0.1) is 0 Å². The number of hydrogen-bond acceptors (Lipinski definition) is 5. The van der Waals surface area contributed by atoms with Crippen molar-refractivity contribution in [2.45, 2.75) is 31.9 Å². The Morgan fingerprint density at radius 3 is 2.88 bits per heavy atom. The standard InChI is InChI=1S/C10H17N3O4/c1-2-17-10(16)6-5-8(12-13-11)9(15)4-3-7-14/h5-6,8-9,14-15H,2-4,7H2,1H3/b6-5+/t8-,9+/m0/s1. The molecular formula is C10H17N3O4. The fourth-order valence-corrected chi connectivity index (χ4v) is 1.14. The predicted octanol–water partition coefficient (Wildman–Crippen LogP) is 0.918. The molecule has 0 fully saturated rings. The maximum absolute atomic E-state index is 11.0. The topological polar surface area (TPSA) is 116 Å². The molecule has 0 amide bonds. The van der Waals surface area contributed by atoms with Gasteiger partial charge in [0, 0.05) is 17.6 Å². The Hall–Kier alpha value is -1.56. The Kier molecular flexibility index (Phi) is 8.77. The molecule has 2 N–H and O–H groups in total. The van der Waals surface area contributed by atoms with E-state index in [1.165, 1.54) is 6.08 Å². The Bertz CT molecular complexity index is 300. The number of aliphatic hydroxyl groups is 2. The van der Waals surface area contributed by atoms with Crippen LogP contribution in [-0.4, -0.2) is 41.5 Å². The average molecular weight is 243 g/mol. The first-order valence-electron chi connectivity index (χ1n) is 5.33. The summed E-state index contributed by atoms with van der Waals surface area (Å²) in [6.07, 6.45) is 2.16. The van der Waals surface area contributed by atoms with Gasteiger partial charge in [-0.25, -0.2) is 4.79 Å². The minimum absolute atomic E-state index is 0.0539. The van der Waals surface area contributed by atoms with Crippen molar-refractivity contribution >= 4 is 5.97 Å². The largest absolute Gasteiger partial charge is 0.463 e. The lowest BCUT2D eigenvalue weighted by molar-refractivity contribution is -0.137. The molecule has 0 heterocycles. The summed E-state index contributed by atoms with van der Waals surface area (Å²) in [6, 6.07) is -0.837. The molecule has 0 saturated carbocycles. The molecular weight excluding hydrogens is 226 g/mol. The second kappa shape index (κ2) is 9.65. The Morgan fingerprint density at radius 1 is 1.65 bits per heavy atom. The van der Waals surface area contributed by atoms with Gasteiger partial charge >= 0.3 is 5.97 Å². The minimum Gasteiger partial charge on any atom is -0.463 e. The molecule has 0 saturated heterocycles. The first-order valence-corrected chi connectivity index (χ1v) is 5.33. The fourth-order valence-electron chi connectivity index (χ4n) is 1.14. The second-order valence-electron chi connectivity index (χ2n) is 3.24. The van der Waals surface area contributed by atoms with Crippen LogP contribution in [0.15, 0.2) is 17.3 Å². The van der Waals surface area contributed by atoms with Crippen LogP contribution < -0.4 is 0 Å². The maximum atomic E-state index is 11.0. The van der Waals surface area contributed by atoms with Crippen molar-refractivity contribution in [3.8, 4) is 0 Å². The summed E-state index contributed by atoms with van der Waals surface area (Å²) in [5.74, 6) is -0.556. The van der Waals surface area contributed by atoms with E-state index in [1.54, 1.807) is 6.92 Å². The van der Waals surface area contributed by atoms with Crippen molar-refractivity contribution in [2.75, 3.05) is 13.2 Å². The van der Waals surface area contributed by atoms with Crippen molar-refractivity contribution < 1.29 is 19.7 Å². The summed E-state index contributed by atoms with van der Waals surface area (Å²) in [6.45, 7) is 1.87. The quantitative estimate of drug-likeness (QED) is 0.217. The maximum Gasteiger partial charge on any atom is 0.330 e. The molecule has 0 radical (unpaired) electrons. The monoisotopic (exact) mass is 243 g/mol. The second-order valence-corrected chi connectivity index (χ2v) is 3.24. The highest BCUT2D eigenvalue weighted by molar-refractivity contribution is 5.82. The molecule has 2 atom stereocenters. The first-order chi connectivity index (χ1) is 8.15. The van der Waals surface area contributed by atoms with E-state index in [1.807, 2.05) is 0 Å². The van der Waals surface area contributed by atoms with E-state index >= 15 is 0 Å². The molecule has 7 heteroatoms. The van der Waals surface area contributed by atoms with Crippen LogP contribution in [0.1, 0.15) is 19.8 Å². The van der Waals surface area contributed by atoms with Gasteiger partial charge < -0.3 is 14.9 Å². The summed E-state index contributed by atoms with van der Waals surface area (Å²) < 4.78 is 4.65. The summed E-state index contributed by atoms with van der Waals surface area (Å²) in [5, 5.41) is 21.6. The van der Waals surface area contributed by atoms with Gasteiger partial charge in [-0.3, -0.25) is 0 Å². The van der Waals surface area contributed by atoms with Crippen LogP contribution in [0.2, 0.25) is 0 Å². The predicted molar refractivity (Wildman–Crippen MR) is 61.0 cm³/mol. The highest BCUT2D eigenvalue weighted by Crippen LogP contribution is 2.08. The Labute approximate surface area is 99.3 Å². The molecule has 0 bridgehead atoms. The van der Waals surface area contributed by atoms with E-state index < -0.39 is 18.1 Å². The van der Waals surface area contributed by atoms with Crippen molar-refractivity contribution in [3.63, 3.8) is 0 Å². The van der Waals surface area contributed by atoms with Crippen molar-refractivity contribution in [1.29, 1.82) is 0 Å². The molecule has 0 rings (SSSR count). The molecule has 0 aromatic carbocycles. The smallest absolute Gasteiger partial charge is 0.330 e. The number of ether oxygens (including phenoxy) is 1. The molecule has 0 unspecified atom stereocenters. The lowest BCUT2D eigenvalue weighted by Crippen LogP contribution is -2.22. The molecule has 96 valence electrons. The van der Waals surface area contributed by atoms with Crippen molar-refractivity contribution in [1.82, 2.24) is 0 Å². The highest BCUT2D eigenvalue weighted by atomic mass is 16.5. The average Bonchev–Trinajstić information content (AvgIpc) is 2.31. The van der Waals surface area contributed by atoms with Crippen LogP contribution in [0.25, 0.3) is 10.4 Å². The van der Waals surface area contributed by atoms with Gasteiger partial charge in [0.25, 0.3) is 0 Å². The SMILES string of the molecule is CCOC(=O)/C=C/[C@H](N=[N+]=[N-])[C@H](O)CCCO. The lowest BCUT2D eigenvalue weighted by atomic mass is 10.1. The molecule has 7 nitrogen and oxygen atoms in total. The number of rotatable bonds is 8. The van der Waals surface area contributed by atoms with Crippen LogP contribution in [0.5, 0.6) is 0 Å². The third-order valence-electron chi connectivity index (χ3n) is 1.95. The number of carbonyl (C=O) groups is 1. The Balaban J connectivity index is 4.41. The van der Waals surface area contributed by atoms with Crippen LogP contribution in [-0.2, 0) is 9.53 Å². The number of aliphatic hydroxyl groups excluding tert-OH is 2. The normalized spacial score (nSPS) is 14.1. The highest BCUT2D eigenvalue weighted by Gasteiger charge is 2.14. The lowest BCUT2D eigenvalue weighted by Gasteiger charge is -2.13. The number of hydrogen-bond donors (Lipinski definition) is 2. The van der Waals surface area contributed by atoms with E-state index in [4.69, 9.17) is 10.6 Å². The zero-order chi connectivity index (χ0) is 13.1. The third kappa shape index (κ3) is 7.35. The van der Waals surface area contributed by atoms with Crippen LogP contribution >= 0.6 is 0 Å². The number of azide groups is 1. The van der Waals surface area contributed by atoms with E-state index in [2.05, 4.69) is 14.8 Å². The van der Waals surface area contributed by atoms with Gasteiger partial charge in [0.2, 0.25) is 0 Å². The van der Waals surface area contributed by atoms with E-state index in [-0.39, 0.29) is 19.6 Å². The molecule has 0 aromatic heterocycles. The Morgan fingerprint density at radius 2 is 2.35 bits per heavy atom. The molecule has 0 aromatic rings. The van der Waals surface area contributed by atoms with E-state index in [0.29, 0.717) is 6.42 Å². The molecule has 0 aliphatic heterocycles. The van der Waals surface area contributed by atoms with Crippen LogP contribution in [0.4, 0.5) is 0 Å². The zero-order valence-electron chi connectivity index (χ0n) is 9.69. The zero-order valence-corrected chi connectivity index (χ0v) is 9.69. The van der Waals surface area contributed by atoms with Gasteiger partial charge in [0.15, 0.2) is 0 Å². The fraction of sp³-hybridized carbons (Fsp3) is 0.700. The van der Waals surface area contributed by atoms with E-state index in [9.17, 15) is 9.90 Å². The molecule has 17 heavy (non-hydrogen) atoms. The summed E-state index contributed by atoms with van der Waals surface area (Å²) in [4.78, 5) is 13.6. The van der Waals surface area contributed by atoms with Gasteiger partial charge in [0.05, 0.1) is 18.8 Å². The summed E-state index contributed by atoms with van der Waals surface area (Å²) in [7, 11) is 0. The molecule has 0 spiro atoms. The van der Waals surface area contributed by atoms with Crippen molar-refractivity contribution in [3.05, 3.63) is 22.6 Å². The van der Waals surface area contributed by atoms with Gasteiger partial charge in [-0.15, -0.1) is 0 Å². The van der Waals surface area contributed by atoms with Gasteiger partial charge in [-0.2, -0.15) is 0 Å². The first kappa shape index (κ1) is 15.4. The van der Waals surface area contributed by atoms with Gasteiger partial charge in [0.1, 0.15) is 0 Å². The minimum atomic E-state index is -0.927. The van der Waals surface area contributed by atoms with Gasteiger partial charge in [-0.05, 0) is 25.3 Å². The van der Waals surface area contributed by atoms with Crippen molar-refractivity contribution in [2.24, 2.45) is 5.11 Å². The van der Waals surface area contributed by atoms with E-state index in [0.717, 1.165) is 6.08 Å². The molecule has 0 aliphatic carbocycles.